The third kappa shape index (κ3) is 9.26. The summed E-state index contributed by atoms with van der Waals surface area (Å²) in [5, 5.41) is 8.74. The molecular weight excluding hydrogens is 418 g/mol. The highest BCUT2D eigenvalue weighted by molar-refractivity contribution is 5.95. The fourth-order valence-electron chi connectivity index (χ4n) is 4.74. The summed E-state index contributed by atoms with van der Waals surface area (Å²) in [7, 11) is 0. The number of halogens is 2. The summed E-state index contributed by atoms with van der Waals surface area (Å²) in [6, 6.07) is 0. The van der Waals surface area contributed by atoms with Gasteiger partial charge in [0.15, 0.2) is 6.29 Å². The van der Waals surface area contributed by atoms with E-state index < -0.39 is 24.1 Å². The minimum absolute atomic E-state index is 0.0783. The Kier molecular flexibility index (Phi) is 11.8. The summed E-state index contributed by atoms with van der Waals surface area (Å²) in [5.74, 6) is -5.00. The molecule has 1 heterocycles. The highest BCUT2D eigenvalue weighted by Crippen LogP contribution is 2.40. The third-order valence-corrected chi connectivity index (χ3v) is 6.65. The van der Waals surface area contributed by atoms with Crippen molar-refractivity contribution in [1.29, 1.82) is 0 Å². The van der Waals surface area contributed by atoms with Crippen molar-refractivity contribution in [2.75, 3.05) is 6.61 Å². The first kappa shape index (κ1) is 26.9. The molecule has 2 fully saturated rings. The molecular formula is C25H40F2O5. The average molecular weight is 459 g/mol. The fourth-order valence-corrected chi connectivity index (χ4v) is 4.74. The van der Waals surface area contributed by atoms with Gasteiger partial charge in [0, 0.05) is 25.4 Å². The summed E-state index contributed by atoms with van der Waals surface area (Å²) >= 11 is 0. The number of unbranched alkanes of at least 4 members (excludes halogenated alkanes) is 4. The highest BCUT2D eigenvalue weighted by Gasteiger charge is 2.39. The lowest BCUT2D eigenvalue weighted by atomic mass is 9.88. The molecule has 1 aliphatic heterocycles. The first-order valence-corrected chi connectivity index (χ1v) is 12.4. The lowest BCUT2D eigenvalue weighted by Gasteiger charge is -2.29. The Bertz CT molecular complexity index is 601. The molecule has 1 saturated heterocycles. The molecule has 5 nitrogen and oxygen atoms in total. The minimum atomic E-state index is -3.31. The molecule has 184 valence electrons. The van der Waals surface area contributed by atoms with Crippen LogP contribution in [-0.2, 0) is 19.1 Å². The van der Waals surface area contributed by atoms with Crippen LogP contribution in [0.2, 0.25) is 0 Å². The first-order valence-electron chi connectivity index (χ1n) is 12.4. The van der Waals surface area contributed by atoms with Crippen LogP contribution in [0.1, 0.15) is 96.8 Å². The Labute approximate surface area is 190 Å². The van der Waals surface area contributed by atoms with E-state index in [1.165, 1.54) is 0 Å². The number of hydrogen-bond acceptors (Lipinski definition) is 4. The van der Waals surface area contributed by atoms with Gasteiger partial charge in [-0.2, -0.15) is 8.78 Å². The van der Waals surface area contributed by atoms with Crippen LogP contribution in [0.3, 0.4) is 0 Å². The fraction of sp³-hybridized carbons (Fsp3) is 0.840. The molecule has 0 aromatic heterocycles. The molecule has 1 aliphatic carbocycles. The predicted molar refractivity (Wildman–Crippen MR) is 119 cm³/mol. The van der Waals surface area contributed by atoms with Gasteiger partial charge in [0.05, 0.1) is 6.10 Å². The lowest BCUT2D eigenvalue weighted by molar-refractivity contribution is -0.192. The van der Waals surface area contributed by atoms with E-state index in [2.05, 4.69) is 0 Å². The summed E-state index contributed by atoms with van der Waals surface area (Å²) in [6.45, 7) is 2.51. The van der Waals surface area contributed by atoms with Gasteiger partial charge in [-0.1, -0.05) is 38.7 Å². The first-order chi connectivity index (χ1) is 15.3. The molecule has 7 heteroatoms. The molecule has 0 amide bonds. The van der Waals surface area contributed by atoms with Gasteiger partial charge in [-0.25, -0.2) is 0 Å². The average Bonchev–Trinajstić information content (AvgIpc) is 3.14. The molecule has 4 atom stereocenters. The highest BCUT2D eigenvalue weighted by atomic mass is 19.3. The zero-order chi connectivity index (χ0) is 23.4. The summed E-state index contributed by atoms with van der Waals surface area (Å²) < 4.78 is 40.2. The van der Waals surface area contributed by atoms with Gasteiger partial charge >= 0.3 is 11.9 Å². The molecule has 2 aliphatic rings. The van der Waals surface area contributed by atoms with E-state index in [-0.39, 0.29) is 30.7 Å². The largest absolute Gasteiger partial charge is 0.481 e. The normalized spacial score (nSPS) is 26.6. The number of allylic oxidation sites excluding steroid dienone is 1. The van der Waals surface area contributed by atoms with Gasteiger partial charge in [0.1, 0.15) is 0 Å². The smallest absolute Gasteiger partial charge is 0.309 e. The zero-order valence-corrected chi connectivity index (χ0v) is 19.4. The third-order valence-electron chi connectivity index (χ3n) is 6.65. The van der Waals surface area contributed by atoms with E-state index in [1.54, 1.807) is 6.08 Å². The number of ketones is 1. The van der Waals surface area contributed by atoms with Gasteiger partial charge in [0.25, 0.3) is 0 Å². The maximum atomic E-state index is 14.1. The van der Waals surface area contributed by atoms with Crippen molar-refractivity contribution in [3.05, 3.63) is 12.2 Å². The molecule has 2 rings (SSSR count). The molecule has 1 saturated carbocycles. The van der Waals surface area contributed by atoms with E-state index >= 15 is 0 Å². The number of aliphatic carboxylic acids is 1. The second-order valence-electron chi connectivity index (χ2n) is 9.26. The molecule has 1 unspecified atom stereocenters. The molecule has 32 heavy (non-hydrogen) atoms. The maximum Gasteiger partial charge on any atom is 0.309 e. The quantitative estimate of drug-likeness (QED) is 0.230. The van der Waals surface area contributed by atoms with Gasteiger partial charge in [0.2, 0.25) is 5.78 Å². The number of ether oxygens (including phenoxy) is 2. The van der Waals surface area contributed by atoms with Crippen LogP contribution in [0, 0.1) is 11.8 Å². The number of alkyl halides is 2. The molecule has 1 N–H and O–H groups in total. The Morgan fingerprint density at radius 2 is 1.88 bits per heavy atom. The molecule has 0 bridgehead atoms. The van der Waals surface area contributed by atoms with E-state index in [0.29, 0.717) is 25.9 Å². The van der Waals surface area contributed by atoms with Gasteiger partial charge in [-0.3, -0.25) is 9.59 Å². The van der Waals surface area contributed by atoms with Crippen molar-refractivity contribution in [3.8, 4) is 0 Å². The number of rotatable bonds is 15. The van der Waals surface area contributed by atoms with Crippen LogP contribution >= 0.6 is 0 Å². The Hall–Kier alpha value is -1.34. The topological polar surface area (TPSA) is 72.8 Å². The lowest BCUT2D eigenvalue weighted by Crippen LogP contribution is -2.31. The van der Waals surface area contributed by atoms with Crippen LogP contribution in [0.25, 0.3) is 0 Å². The van der Waals surface area contributed by atoms with E-state index in [0.717, 1.165) is 63.9 Å². The van der Waals surface area contributed by atoms with Gasteiger partial charge in [-0.05, 0) is 63.4 Å². The van der Waals surface area contributed by atoms with Crippen molar-refractivity contribution in [3.63, 3.8) is 0 Å². The predicted octanol–water partition coefficient (Wildman–Crippen LogP) is 6.30. The van der Waals surface area contributed by atoms with E-state index in [1.807, 2.05) is 6.92 Å². The zero-order valence-electron chi connectivity index (χ0n) is 19.4. The second-order valence-corrected chi connectivity index (χ2v) is 9.26. The summed E-state index contributed by atoms with van der Waals surface area (Å²) in [4.78, 5) is 22.8. The second kappa shape index (κ2) is 14.0. The minimum Gasteiger partial charge on any atom is -0.481 e. The monoisotopic (exact) mass is 458 g/mol. The number of carbonyl (C=O) groups is 2. The van der Waals surface area contributed by atoms with Gasteiger partial charge < -0.3 is 14.6 Å². The van der Waals surface area contributed by atoms with Crippen LogP contribution in [0.4, 0.5) is 8.78 Å². The van der Waals surface area contributed by atoms with Crippen LogP contribution in [0.5, 0.6) is 0 Å². The summed E-state index contributed by atoms with van der Waals surface area (Å²) in [5.41, 5.74) is 0. The number of hydrogen-bond donors (Lipinski definition) is 1. The standard InChI is InChI=1S/C25H40F2O5/c1-2-3-17-25(26,27)22(28)16-14-20-19(10-6-4-5-7-11-23(29)30)13-15-21(20)32-24-12-8-9-18-31-24/h14,16,19-21,24H,2-13,15,17-18H2,1H3,(H,29,30)/b16-14+/t19-,20+,21+,24?/m0/s1. The molecule has 0 aromatic rings. The van der Waals surface area contributed by atoms with Crippen molar-refractivity contribution in [2.45, 2.75) is 115 Å². The Morgan fingerprint density at radius 3 is 2.56 bits per heavy atom. The van der Waals surface area contributed by atoms with Crippen molar-refractivity contribution < 1.29 is 33.0 Å². The number of carboxylic acid groups (broad SMARTS) is 1. The number of carboxylic acids is 1. The SMILES string of the molecule is CCCCC(F)(F)C(=O)/C=C/[C@@H]1[C@@H](CCCCCCC(=O)O)CC[C@H]1OC1CCCCO1. The van der Waals surface area contributed by atoms with Gasteiger partial charge in [-0.15, -0.1) is 0 Å². The maximum absolute atomic E-state index is 14.1. The Balaban J connectivity index is 1.94. The molecule has 0 aromatic carbocycles. The molecule has 0 radical (unpaired) electrons. The van der Waals surface area contributed by atoms with Crippen LogP contribution < -0.4 is 0 Å². The van der Waals surface area contributed by atoms with Crippen LogP contribution in [-0.4, -0.2) is 41.8 Å². The van der Waals surface area contributed by atoms with Crippen molar-refractivity contribution in [1.82, 2.24) is 0 Å². The van der Waals surface area contributed by atoms with E-state index in [4.69, 9.17) is 14.6 Å². The number of carbonyl (C=O) groups excluding carboxylic acids is 1. The van der Waals surface area contributed by atoms with E-state index in [9.17, 15) is 18.4 Å². The summed E-state index contributed by atoms with van der Waals surface area (Å²) in [6.07, 6.45) is 12.2. The molecule has 0 spiro atoms. The van der Waals surface area contributed by atoms with Crippen molar-refractivity contribution >= 4 is 11.8 Å². The van der Waals surface area contributed by atoms with Crippen molar-refractivity contribution in [2.24, 2.45) is 11.8 Å². The Morgan fingerprint density at radius 1 is 1.09 bits per heavy atom. The van der Waals surface area contributed by atoms with Crippen LogP contribution in [0.15, 0.2) is 12.2 Å².